The number of hydrogen-bond acceptors (Lipinski definition) is 4. The maximum absolute atomic E-state index is 13.3. The highest BCUT2D eigenvalue weighted by Crippen LogP contribution is 2.35. The number of fused-ring (bicyclic) bond motifs is 1. The summed E-state index contributed by atoms with van der Waals surface area (Å²) in [4.78, 5) is 25.6. The Hall–Kier alpha value is -2.15. The highest BCUT2D eigenvalue weighted by Gasteiger charge is 2.32. The van der Waals surface area contributed by atoms with Gasteiger partial charge in [0, 0.05) is 23.2 Å². The number of hydrogen-bond donors (Lipinski definition) is 2. The molecule has 0 aliphatic carbocycles. The van der Waals surface area contributed by atoms with Gasteiger partial charge in [-0.3, -0.25) is 9.59 Å². The van der Waals surface area contributed by atoms with E-state index in [0.717, 1.165) is 4.70 Å². The number of primary amides is 1. The molecule has 7 heteroatoms. The number of nitrogens with two attached hydrogens (primary N) is 2. The molecule has 0 radical (unpaired) electrons. The lowest BCUT2D eigenvalue weighted by atomic mass is 10.1. The number of carbonyl (C=O) groups excluding carboxylic acids is 2. The van der Waals surface area contributed by atoms with E-state index in [4.69, 9.17) is 11.5 Å². The van der Waals surface area contributed by atoms with Gasteiger partial charge in [-0.25, -0.2) is 4.39 Å². The van der Waals surface area contributed by atoms with Crippen molar-refractivity contribution >= 4 is 38.9 Å². The van der Waals surface area contributed by atoms with Crippen LogP contribution in [-0.4, -0.2) is 29.8 Å². The highest BCUT2D eigenvalue weighted by molar-refractivity contribution is 7.21. The van der Waals surface area contributed by atoms with Gasteiger partial charge in [-0.15, -0.1) is 11.3 Å². The molecule has 0 spiro atoms. The average Bonchev–Trinajstić information content (AvgIpc) is 3.04. The molecule has 1 fully saturated rings. The van der Waals surface area contributed by atoms with E-state index in [2.05, 4.69) is 0 Å². The molecular formula is C14H14FN3O2S. The number of benzene rings is 1. The van der Waals surface area contributed by atoms with Gasteiger partial charge in [0.15, 0.2) is 0 Å². The van der Waals surface area contributed by atoms with Gasteiger partial charge in [0.25, 0.3) is 5.91 Å². The summed E-state index contributed by atoms with van der Waals surface area (Å²) in [6.45, 7) is 0.796. The van der Waals surface area contributed by atoms with Crippen LogP contribution in [0.2, 0.25) is 0 Å². The Kier molecular flexibility index (Phi) is 3.29. The summed E-state index contributed by atoms with van der Waals surface area (Å²) in [6.07, 6.45) is 0.570. The molecular weight excluding hydrogens is 293 g/mol. The number of amides is 2. The summed E-state index contributed by atoms with van der Waals surface area (Å²) in [5, 5.41) is 0.550. The lowest BCUT2D eigenvalue weighted by Gasteiger charge is -2.15. The topological polar surface area (TPSA) is 89.4 Å². The van der Waals surface area contributed by atoms with Crippen LogP contribution in [0.5, 0.6) is 0 Å². The predicted molar refractivity (Wildman–Crippen MR) is 79.4 cm³/mol. The van der Waals surface area contributed by atoms with Crippen molar-refractivity contribution in [3.05, 3.63) is 28.9 Å². The van der Waals surface area contributed by atoms with Crippen LogP contribution >= 0.6 is 11.3 Å². The zero-order chi connectivity index (χ0) is 15.1. The fourth-order valence-electron chi connectivity index (χ4n) is 2.57. The fraction of sp³-hybridized carbons (Fsp3) is 0.286. The van der Waals surface area contributed by atoms with Crippen molar-refractivity contribution in [2.45, 2.75) is 6.42 Å². The third-order valence-corrected chi connectivity index (χ3v) is 4.94. The third kappa shape index (κ3) is 2.33. The molecule has 1 aromatic carbocycles. The number of rotatable bonds is 2. The molecule has 1 saturated heterocycles. The van der Waals surface area contributed by atoms with Gasteiger partial charge in [-0.05, 0) is 24.6 Å². The number of carbonyl (C=O) groups is 2. The van der Waals surface area contributed by atoms with Crippen molar-refractivity contribution in [1.82, 2.24) is 4.90 Å². The Labute approximate surface area is 124 Å². The second kappa shape index (κ2) is 5.00. The molecule has 2 amide bonds. The number of nitrogen functional groups attached to an aromatic ring is 1. The van der Waals surface area contributed by atoms with Crippen molar-refractivity contribution in [1.29, 1.82) is 0 Å². The van der Waals surface area contributed by atoms with Gasteiger partial charge in [-0.2, -0.15) is 0 Å². The van der Waals surface area contributed by atoms with Crippen LogP contribution in [0.3, 0.4) is 0 Å². The van der Waals surface area contributed by atoms with E-state index in [9.17, 15) is 14.0 Å². The van der Waals surface area contributed by atoms with E-state index in [0.29, 0.717) is 35.5 Å². The first-order valence-electron chi connectivity index (χ1n) is 6.53. The van der Waals surface area contributed by atoms with Gasteiger partial charge in [0.05, 0.1) is 11.6 Å². The minimum Gasteiger partial charge on any atom is -0.397 e. The van der Waals surface area contributed by atoms with Gasteiger partial charge < -0.3 is 16.4 Å². The molecule has 2 heterocycles. The highest BCUT2D eigenvalue weighted by atomic mass is 32.1. The van der Waals surface area contributed by atoms with Crippen LogP contribution in [-0.2, 0) is 4.79 Å². The maximum atomic E-state index is 13.3. The summed E-state index contributed by atoms with van der Waals surface area (Å²) in [5.41, 5.74) is 11.5. The first-order valence-corrected chi connectivity index (χ1v) is 7.35. The Morgan fingerprint density at radius 3 is 2.81 bits per heavy atom. The standard InChI is InChI=1S/C14H14FN3O2S/c15-8-1-2-10-9(5-8)11(16)12(21-10)14(20)18-4-3-7(6-18)13(17)19/h1-2,5,7H,3-4,6,16H2,(H2,17,19). The van der Waals surface area contributed by atoms with Crippen molar-refractivity contribution in [2.24, 2.45) is 11.7 Å². The molecule has 1 aliphatic heterocycles. The van der Waals surface area contributed by atoms with Gasteiger partial charge in [0.2, 0.25) is 5.91 Å². The third-order valence-electron chi connectivity index (χ3n) is 3.76. The zero-order valence-corrected chi connectivity index (χ0v) is 12.0. The fourth-order valence-corrected chi connectivity index (χ4v) is 3.64. The number of halogens is 1. The first kappa shape index (κ1) is 13.8. The van der Waals surface area contributed by atoms with Crippen LogP contribution in [0.15, 0.2) is 18.2 Å². The monoisotopic (exact) mass is 307 g/mol. The number of thiophene rings is 1. The summed E-state index contributed by atoms with van der Waals surface area (Å²) < 4.78 is 14.0. The van der Waals surface area contributed by atoms with Crippen LogP contribution < -0.4 is 11.5 Å². The Morgan fingerprint density at radius 1 is 1.38 bits per heavy atom. The predicted octanol–water partition coefficient (Wildman–Crippen LogP) is 1.57. The second-order valence-corrected chi connectivity index (χ2v) is 6.18. The lowest BCUT2D eigenvalue weighted by molar-refractivity contribution is -0.121. The lowest BCUT2D eigenvalue weighted by Crippen LogP contribution is -2.31. The summed E-state index contributed by atoms with van der Waals surface area (Å²) in [5.74, 6) is -1.31. The molecule has 5 nitrogen and oxygen atoms in total. The Bertz CT molecular complexity index is 743. The number of likely N-dealkylation sites (tertiary alicyclic amines) is 1. The van der Waals surface area contributed by atoms with Crippen LogP contribution in [0.4, 0.5) is 10.1 Å². The normalized spacial score (nSPS) is 18.3. The largest absolute Gasteiger partial charge is 0.397 e. The van der Waals surface area contributed by atoms with E-state index in [1.54, 1.807) is 11.0 Å². The average molecular weight is 307 g/mol. The molecule has 110 valence electrons. The quantitative estimate of drug-likeness (QED) is 0.882. The van der Waals surface area contributed by atoms with Crippen molar-refractivity contribution in [3.8, 4) is 0 Å². The first-order chi connectivity index (χ1) is 9.97. The molecule has 3 rings (SSSR count). The minimum atomic E-state index is -0.392. The van der Waals surface area contributed by atoms with Crippen LogP contribution in [0.25, 0.3) is 10.1 Å². The van der Waals surface area contributed by atoms with Crippen molar-refractivity contribution in [3.63, 3.8) is 0 Å². The molecule has 0 saturated carbocycles. The Balaban J connectivity index is 1.92. The number of nitrogens with zero attached hydrogens (tertiary/aromatic N) is 1. The molecule has 1 unspecified atom stereocenters. The zero-order valence-electron chi connectivity index (χ0n) is 11.1. The second-order valence-electron chi connectivity index (χ2n) is 5.12. The van der Waals surface area contributed by atoms with Crippen molar-refractivity contribution in [2.75, 3.05) is 18.8 Å². The molecule has 1 atom stereocenters. The van der Waals surface area contributed by atoms with E-state index in [1.807, 2.05) is 0 Å². The van der Waals surface area contributed by atoms with Crippen LogP contribution in [0, 0.1) is 11.7 Å². The molecule has 1 aliphatic rings. The molecule has 4 N–H and O–H groups in total. The molecule has 1 aromatic heterocycles. The Morgan fingerprint density at radius 2 is 2.14 bits per heavy atom. The van der Waals surface area contributed by atoms with Gasteiger partial charge in [0.1, 0.15) is 10.7 Å². The van der Waals surface area contributed by atoms with E-state index >= 15 is 0 Å². The molecule has 2 aromatic rings. The van der Waals surface area contributed by atoms with E-state index in [1.165, 1.54) is 23.5 Å². The van der Waals surface area contributed by atoms with E-state index in [-0.39, 0.29) is 17.6 Å². The smallest absolute Gasteiger partial charge is 0.266 e. The summed E-state index contributed by atoms with van der Waals surface area (Å²) in [6, 6.07) is 4.28. The SMILES string of the molecule is NC(=O)C1CCN(C(=O)c2sc3ccc(F)cc3c2N)C1. The number of anilines is 1. The van der Waals surface area contributed by atoms with Crippen molar-refractivity contribution < 1.29 is 14.0 Å². The minimum absolute atomic E-state index is 0.224. The van der Waals surface area contributed by atoms with E-state index < -0.39 is 5.91 Å². The van der Waals surface area contributed by atoms with Gasteiger partial charge >= 0.3 is 0 Å². The summed E-state index contributed by atoms with van der Waals surface area (Å²) in [7, 11) is 0. The van der Waals surface area contributed by atoms with Crippen LogP contribution in [0.1, 0.15) is 16.1 Å². The maximum Gasteiger partial charge on any atom is 0.266 e. The van der Waals surface area contributed by atoms with Gasteiger partial charge in [-0.1, -0.05) is 0 Å². The summed E-state index contributed by atoms with van der Waals surface area (Å²) >= 11 is 1.24. The molecule has 21 heavy (non-hydrogen) atoms. The molecule has 0 bridgehead atoms.